The second kappa shape index (κ2) is 4.41. The molecule has 0 aliphatic carbocycles. The van der Waals surface area contributed by atoms with Crippen LogP contribution in [0, 0.1) is 0 Å². The molecule has 0 atom stereocenters. The van der Waals surface area contributed by atoms with Gasteiger partial charge in [-0.1, -0.05) is 12.1 Å². The van der Waals surface area contributed by atoms with Crippen molar-refractivity contribution in [3.8, 4) is 0 Å². The molecular weight excluding hydrogens is 182 g/mol. The van der Waals surface area contributed by atoms with Crippen LogP contribution in [-0.4, -0.2) is 17.0 Å². The molecular formula is C10H11NO3. The van der Waals surface area contributed by atoms with Crippen LogP contribution in [0.4, 0.5) is 0 Å². The minimum absolute atomic E-state index is 0.0932. The fourth-order valence-corrected chi connectivity index (χ4v) is 1.09. The summed E-state index contributed by atoms with van der Waals surface area (Å²) < 4.78 is 0. The molecule has 1 rings (SSSR count). The van der Waals surface area contributed by atoms with Crippen molar-refractivity contribution in [1.82, 2.24) is 0 Å². The largest absolute Gasteiger partial charge is 0.481 e. The Hall–Kier alpha value is -1.84. The summed E-state index contributed by atoms with van der Waals surface area (Å²) in [4.78, 5) is 21.0. The van der Waals surface area contributed by atoms with Crippen molar-refractivity contribution in [2.45, 2.75) is 12.8 Å². The van der Waals surface area contributed by atoms with E-state index in [0.29, 0.717) is 12.0 Å². The lowest BCUT2D eigenvalue weighted by Crippen LogP contribution is -2.10. The molecule has 0 aliphatic heterocycles. The van der Waals surface area contributed by atoms with Gasteiger partial charge in [-0.05, 0) is 24.1 Å². The van der Waals surface area contributed by atoms with Gasteiger partial charge in [0.15, 0.2) is 0 Å². The molecule has 4 nitrogen and oxygen atoms in total. The van der Waals surface area contributed by atoms with Crippen molar-refractivity contribution in [3.63, 3.8) is 0 Å². The van der Waals surface area contributed by atoms with Gasteiger partial charge < -0.3 is 10.8 Å². The minimum Gasteiger partial charge on any atom is -0.481 e. The molecule has 0 aromatic heterocycles. The number of hydrogen-bond acceptors (Lipinski definition) is 2. The van der Waals surface area contributed by atoms with E-state index in [9.17, 15) is 9.59 Å². The first-order valence-corrected chi connectivity index (χ1v) is 4.20. The molecule has 0 heterocycles. The summed E-state index contributed by atoms with van der Waals surface area (Å²) in [5.74, 6) is -1.31. The van der Waals surface area contributed by atoms with E-state index in [1.165, 1.54) is 0 Å². The first-order valence-electron chi connectivity index (χ1n) is 4.20. The van der Waals surface area contributed by atoms with Crippen LogP contribution in [0.1, 0.15) is 22.3 Å². The van der Waals surface area contributed by atoms with E-state index < -0.39 is 11.9 Å². The number of carbonyl (C=O) groups excluding carboxylic acids is 1. The van der Waals surface area contributed by atoms with Gasteiger partial charge in [0.25, 0.3) is 0 Å². The van der Waals surface area contributed by atoms with Gasteiger partial charge in [-0.25, -0.2) is 0 Å². The maximum atomic E-state index is 10.7. The number of nitrogens with two attached hydrogens (primary N) is 1. The maximum Gasteiger partial charge on any atom is 0.303 e. The number of benzene rings is 1. The SMILES string of the molecule is NC(=O)c1ccc(CCC(=O)O)cc1. The average molecular weight is 193 g/mol. The van der Waals surface area contributed by atoms with Crippen LogP contribution in [0.5, 0.6) is 0 Å². The zero-order valence-electron chi connectivity index (χ0n) is 7.56. The van der Waals surface area contributed by atoms with Crippen molar-refractivity contribution in [2.24, 2.45) is 5.73 Å². The van der Waals surface area contributed by atoms with Gasteiger partial charge in [0.1, 0.15) is 0 Å². The highest BCUT2D eigenvalue weighted by Gasteiger charge is 2.01. The number of carboxylic acids is 1. The standard InChI is InChI=1S/C10H11NO3/c11-10(14)8-4-1-7(2-5-8)3-6-9(12)13/h1-2,4-5H,3,6H2,(H2,11,14)(H,12,13). The van der Waals surface area contributed by atoms with E-state index in [1.54, 1.807) is 24.3 Å². The van der Waals surface area contributed by atoms with Crippen LogP contribution in [0.3, 0.4) is 0 Å². The Morgan fingerprint density at radius 1 is 1.21 bits per heavy atom. The molecule has 4 heteroatoms. The fourth-order valence-electron chi connectivity index (χ4n) is 1.09. The monoisotopic (exact) mass is 193 g/mol. The Labute approximate surface area is 81.3 Å². The number of aliphatic carboxylic acids is 1. The first kappa shape index (κ1) is 10.2. The van der Waals surface area contributed by atoms with Crippen LogP contribution in [0.25, 0.3) is 0 Å². The predicted octanol–water partition coefficient (Wildman–Crippen LogP) is 0.803. The smallest absolute Gasteiger partial charge is 0.303 e. The zero-order valence-corrected chi connectivity index (χ0v) is 7.56. The summed E-state index contributed by atoms with van der Waals surface area (Å²) in [6, 6.07) is 6.62. The molecule has 0 fully saturated rings. The molecule has 3 N–H and O–H groups in total. The number of amides is 1. The summed E-state index contributed by atoms with van der Waals surface area (Å²) in [6.45, 7) is 0. The Morgan fingerprint density at radius 2 is 1.79 bits per heavy atom. The quantitative estimate of drug-likeness (QED) is 0.742. The van der Waals surface area contributed by atoms with E-state index in [0.717, 1.165) is 5.56 Å². The van der Waals surface area contributed by atoms with Crippen molar-refractivity contribution in [1.29, 1.82) is 0 Å². The second-order valence-electron chi connectivity index (χ2n) is 2.95. The van der Waals surface area contributed by atoms with Crippen molar-refractivity contribution in [3.05, 3.63) is 35.4 Å². The summed E-state index contributed by atoms with van der Waals surface area (Å²) in [5.41, 5.74) is 6.37. The Kier molecular flexibility index (Phi) is 3.23. The number of hydrogen-bond donors (Lipinski definition) is 2. The summed E-state index contributed by atoms with van der Waals surface area (Å²) in [5, 5.41) is 8.44. The molecule has 0 unspecified atom stereocenters. The number of aryl methyl sites for hydroxylation is 1. The highest BCUT2D eigenvalue weighted by molar-refractivity contribution is 5.92. The van der Waals surface area contributed by atoms with Gasteiger partial charge in [-0.2, -0.15) is 0 Å². The maximum absolute atomic E-state index is 10.7. The highest BCUT2D eigenvalue weighted by Crippen LogP contribution is 2.06. The van der Waals surface area contributed by atoms with Crippen LogP contribution in [0.15, 0.2) is 24.3 Å². The summed E-state index contributed by atoms with van der Waals surface area (Å²) in [6.07, 6.45) is 0.560. The van der Waals surface area contributed by atoms with Gasteiger partial charge in [-0.15, -0.1) is 0 Å². The zero-order chi connectivity index (χ0) is 10.6. The number of carbonyl (C=O) groups is 2. The molecule has 0 radical (unpaired) electrons. The number of rotatable bonds is 4. The topological polar surface area (TPSA) is 80.4 Å². The van der Waals surface area contributed by atoms with Crippen LogP contribution >= 0.6 is 0 Å². The third kappa shape index (κ3) is 2.90. The van der Waals surface area contributed by atoms with Gasteiger partial charge in [0.2, 0.25) is 5.91 Å². The average Bonchev–Trinajstić information content (AvgIpc) is 2.15. The van der Waals surface area contributed by atoms with E-state index in [2.05, 4.69) is 0 Å². The molecule has 1 aromatic carbocycles. The van der Waals surface area contributed by atoms with Crippen molar-refractivity contribution >= 4 is 11.9 Å². The van der Waals surface area contributed by atoms with Gasteiger partial charge in [0.05, 0.1) is 0 Å². The van der Waals surface area contributed by atoms with Gasteiger partial charge in [0, 0.05) is 12.0 Å². The van der Waals surface area contributed by atoms with E-state index in [-0.39, 0.29) is 6.42 Å². The van der Waals surface area contributed by atoms with Crippen LogP contribution in [-0.2, 0) is 11.2 Å². The number of carboxylic acid groups (broad SMARTS) is 1. The Morgan fingerprint density at radius 3 is 2.21 bits per heavy atom. The van der Waals surface area contributed by atoms with E-state index in [1.807, 2.05) is 0 Å². The normalized spacial score (nSPS) is 9.71. The molecule has 1 aromatic rings. The lowest BCUT2D eigenvalue weighted by molar-refractivity contribution is -0.136. The van der Waals surface area contributed by atoms with Crippen LogP contribution < -0.4 is 5.73 Å². The molecule has 1 amide bonds. The molecule has 0 aliphatic rings. The van der Waals surface area contributed by atoms with Gasteiger partial charge >= 0.3 is 5.97 Å². The summed E-state index contributed by atoms with van der Waals surface area (Å²) >= 11 is 0. The lowest BCUT2D eigenvalue weighted by Gasteiger charge is -1.99. The summed E-state index contributed by atoms with van der Waals surface area (Å²) in [7, 11) is 0. The lowest BCUT2D eigenvalue weighted by atomic mass is 10.1. The first-order chi connectivity index (χ1) is 6.59. The molecule has 14 heavy (non-hydrogen) atoms. The molecule has 74 valence electrons. The second-order valence-corrected chi connectivity index (χ2v) is 2.95. The Balaban J connectivity index is 2.64. The highest BCUT2D eigenvalue weighted by atomic mass is 16.4. The van der Waals surface area contributed by atoms with E-state index in [4.69, 9.17) is 10.8 Å². The third-order valence-corrected chi connectivity index (χ3v) is 1.87. The predicted molar refractivity (Wildman–Crippen MR) is 50.9 cm³/mol. The number of primary amides is 1. The molecule has 0 saturated heterocycles. The molecule has 0 saturated carbocycles. The third-order valence-electron chi connectivity index (χ3n) is 1.87. The fraction of sp³-hybridized carbons (Fsp3) is 0.200. The Bertz CT molecular complexity index is 343. The van der Waals surface area contributed by atoms with E-state index >= 15 is 0 Å². The molecule has 0 spiro atoms. The van der Waals surface area contributed by atoms with Crippen molar-refractivity contribution < 1.29 is 14.7 Å². The minimum atomic E-state index is -0.830. The van der Waals surface area contributed by atoms with Crippen molar-refractivity contribution in [2.75, 3.05) is 0 Å². The van der Waals surface area contributed by atoms with Gasteiger partial charge in [-0.3, -0.25) is 9.59 Å². The molecule has 0 bridgehead atoms. The van der Waals surface area contributed by atoms with Crippen LogP contribution in [0.2, 0.25) is 0 Å².